The van der Waals surface area contributed by atoms with Gasteiger partial charge in [-0.15, -0.1) is 0 Å². The van der Waals surface area contributed by atoms with Crippen LogP contribution in [0.5, 0.6) is 11.5 Å². The van der Waals surface area contributed by atoms with E-state index in [9.17, 15) is 14.3 Å². The number of Topliss-reactive ketones (excluding diaryl/α,β-unsaturated/α-hetero) is 1. The highest BCUT2D eigenvalue weighted by molar-refractivity contribution is 6.22. The van der Waals surface area contributed by atoms with Crippen molar-refractivity contribution in [3.8, 4) is 11.5 Å². The van der Waals surface area contributed by atoms with Crippen LogP contribution in [0, 0.1) is 11.2 Å². The second-order valence-corrected chi connectivity index (χ2v) is 7.26. The Morgan fingerprint density at radius 3 is 2.42 bits per heavy atom. The second-order valence-electron chi connectivity index (χ2n) is 7.26. The molecule has 4 heteroatoms. The molecule has 0 amide bonds. The lowest BCUT2D eigenvalue weighted by atomic mass is 9.74. The monoisotopic (exact) mass is 354 g/mol. The van der Waals surface area contributed by atoms with E-state index in [0.29, 0.717) is 35.5 Å². The van der Waals surface area contributed by atoms with E-state index < -0.39 is 5.41 Å². The number of benzene rings is 2. The summed E-state index contributed by atoms with van der Waals surface area (Å²) in [6, 6.07) is 11.3. The summed E-state index contributed by atoms with van der Waals surface area (Å²) >= 11 is 0. The highest BCUT2D eigenvalue weighted by Crippen LogP contribution is 2.42. The normalized spacial score (nSPS) is 16.7. The van der Waals surface area contributed by atoms with Crippen LogP contribution in [-0.2, 0) is 11.2 Å². The number of carbonyl (C=O) groups excluding carboxylic acids is 1. The van der Waals surface area contributed by atoms with Gasteiger partial charge in [0, 0.05) is 11.8 Å². The summed E-state index contributed by atoms with van der Waals surface area (Å²) in [4.78, 5) is 12.6. The van der Waals surface area contributed by atoms with Gasteiger partial charge in [0.2, 0.25) is 0 Å². The van der Waals surface area contributed by atoms with Crippen molar-refractivity contribution in [3.05, 3.63) is 65.2 Å². The zero-order valence-electron chi connectivity index (χ0n) is 15.3. The summed E-state index contributed by atoms with van der Waals surface area (Å²) in [7, 11) is 0. The molecule has 0 unspecified atom stereocenters. The molecule has 1 N–H and O–H groups in total. The minimum absolute atomic E-state index is 0.0459. The molecule has 3 nitrogen and oxygen atoms in total. The van der Waals surface area contributed by atoms with Crippen molar-refractivity contribution in [2.24, 2.45) is 5.41 Å². The lowest BCUT2D eigenvalue weighted by Crippen LogP contribution is -2.25. The number of aryl methyl sites for hydroxylation is 1. The maximum Gasteiger partial charge on any atom is 0.166 e. The van der Waals surface area contributed by atoms with Gasteiger partial charge in [-0.05, 0) is 60.4 Å². The van der Waals surface area contributed by atoms with Gasteiger partial charge in [-0.3, -0.25) is 4.79 Å². The van der Waals surface area contributed by atoms with Crippen LogP contribution >= 0.6 is 0 Å². The number of hydrogen-bond donors (Lipinski definition) is 1. The Labute approximate surface area is 153 Å². The SMILES string of the molecule is CCc1ccc(Oc2ccc(F)cc2)cc1C1=C(O)C(C)(C)CCC1=O. The number of aliphatic hydroxyl groups is 1. The first-order valence-electron chi connectivity index (χ1n) is 8.85. The van der Waals surface area contributed by atoms with Gasteiger partial charge in [0.1, 0.15) is 23.1 Å². The van der Waals surface area contributed by atoms with Crippen molar-refractivity contribution in [2.75, 3.05) is 0 Å². The van der Waals surface area contributed by atoms with Gasteiger partial charge in [0.05, 0.1) is 5.57 Å². The summed E-state index contributed by atoms with van der Waals surface area (Å²) in [5, 5.41) is 10.7. The molecule has 0 aromatic heterocycles. The van der Waals surface area contributed by atoms with Crippen LogP contribution in [0.1, 0.15) is 44.7 Å². The highest BCUT2D eigenvalue weighted by atomic mass is 19.1. The number of halogens is 1. The van der Waals surface area contributed by atoms with E-state index >= 15 is 0 Å². The van der Waals surface area contributed by atoms with Crippen molar-refractivity contribution in [1.29, 1.82) is 0 Å². The quantitative estimate of drug-likeness (QED) is 0.750. The first kappa shape index (κ1) is 18.2. The van der Waals surface area contributed by atoms with Gasteiger partial charge < -0.3 is 9.84 Å². The number of ketones is 1. The largest absolute Gasteiger partial charge is 0.511 e. The molecule has 2 aromatic rings. The molecule has 2 aromatic carbocycles. The van der Waals surface area contributed by atoms with Gasteiger partial charge in [0.25, 0.3) is 0 Å². The van der Waals surface area contributed by atoms with E-state index in [4.69, 9.17) is 4.74 Å². The Hall–Kier alpha value is -2.62. The van der Waals surface area contributed by atoms with Gasteiger partial charge in [-0.2, -0.15) is 0 Å². The summed E-state index contributed by atoms with van der Waals surface area (Å²) in [5.41, 5.74) is 1.65. The maximum absolute atomic E-state index is 13.1. The molecule has 0 radical (unpaired) electrons. The molecule has 0 saturated carbocycles. The van der Waals surface area contributed by atoms with Crippen LogP contribution in [-0.4, -0.2) is 10.9 Å². The third-order valence-electron chi connectivity index (χ3n) is 4.91. The Balaban J connectivity index is 2.06. The predicted octanol–water partition coefficient (Wildman–Crippen LogP) is 5.84. The third-order valence-corrected chi connectivity index (χ3v) is 4.91. The minimum Gasteiger partial charge on any atom is -0.511 e. The molecule has 1 aliphatic rings. The Kier molecular flexibility index (Phi) is 4.86. The van der Waals surface area contributed by atoms with Crippen LogP contribution in [0.3, 0.4) is 0 Å². The number of carbonyl (C=O) groups is 1. The summed E-state index contributed by atoms with van der Waals surface area (Å²) in [5.74, 6) is 0.817. The van der Waals surface area contributed by atoms with Gasteiger partial charge in [-0.25, -0.2) is 4.39 Å². The molecule has 0 saturated heterocycles. The topological polar surface area (TPSA) is 46.5 Å². The summed E-state index contributed by atoms with van der Waals surface area (Å²) in [6.45, 7) is 5.90. The number of ether oxygens (including phenoxy) is 1. The van der Waals surface area contributed by atoms with Crippen LogP contribution in [0.2, 0.25) is 0 Å². The first-order chi connectivity index (χ1) is 12.3. The van der Waals surface area contributed by atoms with E-state index in [-0.39, 0.29) is 17.4 Å². The fourth-order valence-corrected chi connectivity index (χ4v) is 3.22. The predicted molar refractivity (Wildman–Crippen MR) is 99.9 cm³/mol. The highest BCUT2D eigenvalue weighted by Gasteiger charge is 2.35. The van der Waals surface area contributed by atoms with Gasteiger partial charge in [-0.1, -0.05) is 26.8 Å². The molecule has 0 fully saturated rings. The van der Waals surface area contributed by atoms with Crippen molar-refractivity contribution in [3.63, 3.8) is 0 Å². The standard InChI is InChI=1S/C22H23FO3/c1-4-14-5-8-17(26-16-9-6-15(23)7-10-16)13-18(14)20-19(24)11-12-22(2,3)21(20)25/h5-10,13,25H,4,11-12H2,1-3H3. The Bertz CT molecular complexity index is 863. The summed E-state index contributed by atoms with van der Waals surface area (Å²) < 4.78 is 18.9. The molecular formula is C22H23FO3. The van der Waals surface area contributed by atoms with Crippen molar-refractivity contribution < 1.29 is 19.0 Å². The molecule has 26 heavy (non-hydrogen) atoms. The number of allylic oxidation sites excluding steroid dienone is 2. The van der Waals surface area contributed by atoms with E-state index in [1.807, 2.05) is 32.9 Å². The summed E-state index contributed by atoms with van der Waals surface area (Å²) in [6.07, 6.45) is 1.78. The van der Waals surface area contributed by atoms with Gasteiger partial charge >= 0.3 is 0 Å². The molecule has 0 atom stereocenters. The second kappa shape index (κ2) is 6.94. The van der Waals surface area contributed by atoms with Crippen molar-refractivity contribution in [1.82, 2.24) is 0 Å². The third kappa shape index (κ3) is 3.50. The van der Waals surface area contributed by atoms with E-state index in [2.05, 4.69) is 0 Å². The lowest BCUT2D eigenvalue weighted by molar-refractivity contribution is -0.115. The van der Waals surface area contributed by atoms with Crippen LogP contribution in [0.25, 0.3) is 5.57 Å². The van der Waals surface area contributed by atoms with Crippen molar-refractivity contribution in [2.45, 2.75) is 40.0 Å². The Morgan fingerprint density at radius 2 is 1.77 bits per heavy atom. The maximum atomic E-state index is 13.1. The fourth-order valence-electron chi connectivity index (χ4n) is 3.22. The minimum atomic E-state index is -0.428. The number of hydrogen-bond acceptors (Lipinski definition) is 3. The smallest absolute Gasteiger partial charge is 0.166 e. The molecule has 136 valence electrons. The molecule has 1 aliphatic carbocycles. The van der Waals surface area contributed by atoms with Gasteiger partial charge in [0.15, 0.2) is 5.78 Å². The van der Waals surface area contributed by atoms with Crippen LogP contribution in [0.4, 0.5) is 4.39 Å². The molecule has 0 bridgehead atoms. The zero-order chi connectivity index (χ0) is 18.9. The molecular weight excluding hydrogens is 331 g/mol. The molecule has 0 spiro atoms. The molecule has 3 rings (SSSR count). The average molecular weight is 354 g/mol. The van der Waals surface area contributed by atoms with E-state index in [0.717, 1.165) is 12.0 Å². The Morgan fingerprint density at radius 1 is 1.12 bits per heavy atom. The van der Waals surface area contributed by atoms with Crippen molar-refractivity contribution >= 4 is 11.4 Å². The first-order valence-corrected chi connectivity index (χ1v) is 8.85. The lowest BCUT2D eigenvalue weighted by Gasteiger charge is -2.31. The zero-order valence-corrected chi connectivity index (χ0v) is 15.3. The number of rotatable bonds is 4. The van der Waals surface area contributed by atoms with Crippen LogP contribution in [0.15, 0.2) is 48.2 Å². The average Bonchev–Trinajstić information content (AvgIpc) is 2.61. The number of aliphatic hydroxyl groups excluding tert-OH is 1. The van der Waals surface area contributed by atoms with E-state index in [1.165, 1.54) is 12.1 Å². The fraction of sp³-hybridized carbons (Fsp3) is 0.318. The molecule has 0 aliphatic heterocycles. The van der Waals surface area contributed by atoms with E-state index in [1.54, 1.807) is 18.2 Å². The molecule has 0 heterocycles. The van der Waals surface area contributed by atoms with Crippen LogP contribution < -0.4 is 4.74 Å².